The second kappa shape index (κ2) is 6.87. The van der Waals surface area contributed by atoms with Crippen LogP contribution < -0.4 is 14.8 Å². The maximum atomic E-state index is 12.4. The standard InChI is InChI=1S/C18H17N3O3/c1-23-16-8-5-14(11-17(16)24-2)20-18(22)13-3-6-15(7-4-13)21-10-9-19-12-21/h3-12H,1-2H3,(H,20,22). The fraction of sp³-hybridized carbons (Fsp3) is 0.111. The maximum Gasteiger partial charge on any atom is 0.255 e. The Morgan fingerprint density at radius 1 is 1.04 bits per heavy atom. The summed E-state index contributed by atoms with van der Waals surface area (Å²) in [5.41, 5.74) is 2.14. The normalized spacial score (nSPS) is 10.2. The summed E-state index contributed by atoms with van der Waals surface area (Å²) in [7, 11) is 3.12. The van der Waals surface area contributed by atoms with Crippen molar-refractivity contribution >= 4 is 11.6 Å². The summed E-state index contributed by atoms with van der Waals surface area (Å²) in [5.74, 6) is 0.977. The van der Waals surface area contributed by atoms with Crippen molar-refractivity contribution in [2.75, 3.05) is 19.5 Å². The van der Waals surface area contributed by atoms with Gasteiger partial charge in [0.05, 0.1) is 20.5 Å². The van der Waals surface area contributed by atoms with Crippen molar-refractivity contribution in [2.45, 2.75) is 0 Å². The quantitative estimate of drug-likeness (QED) is 0.783. The molecule has 0 bridgehead atoms. The number of nitrogens with one attached hydrogen (secondary N) is 1. The van der Waals surface area contributed by atoms with Gasteiger partial charge in [-0.3, -0.25) is 4.79 Å². The third kappa shape index (κ3) is 3.22. The van der Waals surface area contributed by atoms with Gasteiger partial charge in [-0.05, 0) is 36.4 Å². The Labute approximate surface area is 139 Å². The number of imidazole rings is 1. The number of carbonyl (C=O) groups excluding carboxylic acids is 1. The number of nitrogens with zero attached hydrogens (tertiary/aromatic N) is 2. The van der Waals surface area contributed by atoms with Crippen molar-refractivity contribution in [1.29, 1.82) is 0 Å². The van der Waals surface area contributed by atoms with Gasteiger partial charge in [0.25, 0.3) is 5.91 Å². The summed E-state index contributed by atoms with van der Waals surface area (Å²) >= 11 is 0. The van der Waals surface area contributed by atoms with Crippen LogP contribution in [0.15, 0.2) is 61.2 Å². The molecule has 0 spiro atoms. The molecule has 3 aromatic rings. The predicted octanol–water partition coefficient (Wildman–Crippen LogP) is 3.14. The molecule has 0 saturated heterocycles. The van der Waals surface area contributed by atoms with E-state index in [0.717, 1.165) is 5.69 Å². The van der Waals surface area contributed by atoms with Crippen molar-refractivity contribution < 1.29 is 14.3 Å². The molecule has 1 N–H and O–H groups in total. The van der Waals surface area contributed by atoms with Crippen molar-refractivity contribution in [3.05, 3.63) is 66.7 Å². The second-order valence-electron chi connectivity index (χ2n) is 5.04. The number of methoxy groups -OCH3 is 2. The number of carbonyl (C=O) groups is 1. The largest absolute Gasteiger partial charge is 0.493 e. The van der Waals surface area contributed by atoms with Crippen molar-refractivity contribution in [3.63, 3.8) is 0 Å². The monoisotopic (exact) mass is 323 g/mol. The summed E-state index contributed by atoms with van der Waals surface area (Å²) in [6.07, 6.45) is 5.26. The molecule has 6 nitrogen and oxygen atoms in total. The number of hydrogen-bond donors (Lipinski definition) is 1. The summed E-state index contributed by atoms with van der Waals surface area (Å²) in [5, 5.41) is 2.84. The molecule has 3 rings (SSSR count). The molecule has 0 saturated carbocycles. The lowest BCUT2D eigenvalue weighted by Crippen LogP contribution is -2.12. The number of rotatable bonds is 5. The van der Waals surface area contributed by atoms with Crippen LogP contribution in [-0.2, 0) is 0 Å². The van der Waals surface area contributed by atoms with Crippen LogP contribution in [0.3, 0.4) is 0 Å². The molecule has 1 amide bonds. The summed E-state index contributed by atoms with van der Waals surface area (Å²) in [6.45, 7) is 0. The van der Waals surface area contributed by atoms with Gasteiger partial charge < -0.3 is 19.4 Å². The predicted molar refractivity (Wildman–Crippen MR) is 91.1 cm³/mol. The minimum Gasteiger partial charge on any atom is -0.493 e. The van der Waals surface area contributed by atoms with Crippen LogP contribution in [-0.4, -0.2) is 29.7 Å². The van der Waals surface area contributed by atoms with E-state index in [2.05, 4.69) is 10.3 Å². The molecule has 6 heteroatoms. The van der Waals surface area contributed by atoms with Crippen molar-refractivity contribution in [1.82, 2.24) is 9.55 Å². The Hall–Kier alpha value is -3.28. The van der Waals surface area contributed by atoms with E-state index in [1.807, 2.05) is 22.9 Å². The van der Waals surface area contributed by atoms with Crippen LogP contribution in [0.2, 0.25) is 0 Å². The second-order valence-corrected chi connectivity index (χ2v) is 5.04. The minimum atomic E-state index is -0.195. The molecule has 24 heavy (non-hydrogen) atoms. The average Bonchev–Trinajstić information content (AvgIpc) is 3.16. The Bertz CT molecular complexity index is 827. The molecule has 122 valence electrons. The first-order chi connectivity index (χ1) is 11.7. The number of hydrogen-bond acceptors (Lipinski definition) is 4. The molecule has 0 radical (unpaired) electrons. The zero-order chi connectivity index (χ0) is 16.9. The van der Waals surface area contributed by atoms with Crippen LogP contribution in [0.5, 0.6) is 11.5 Å². The molecule has 0 atom stereocenters. The van der Waals surface area contributed by atoms with Gasteiger partial charge in [-0.1, -0.05) is 0 Å². The highest BCUT2D eigenvalue weighted by Crippen LogP contribution is 2.29. The summed E-state index contributed by atoms with van der Waals surface area (Å²) in [6, 6.07) is 12.5. The fourth-order valence-electron chi connectivity index (χ4n) is 2.31. The van der Waals surface area contributed by atoms with E-state index in [-0.39, 0.29) is 5.91 Å². The number of anilines is 1. The van der Waals surface area contributed by atoms with Gasteiger partial charge in [-0.2, -0.15) is 0 Å². The summed E-state index contributed by atoms with van der Waals surface area (Å²) < 4.78 is 12.3. The van der Waals surface area contributed by atoms with Gasteiger partial charge in [-0.25, -0.2) is 4.98 Å². The Kier molecular flexibility index (Phi) is 4.47. The number of ether oxygens (including phenoxy) is 2. The third-order valence-corrected chi connectivity index (χ3v) is 3.57. The van der Waals surface area contributed by atoms with E-state index < -0.39 is 0 Å². The molecular weight excluding hydrogens is 306 g/mol. The van der Waals surface area contributed by atoms with E-state index in [0.29, 0.717) is 22.7 Å². The molecule has 2 aromatic carbocycles. The maximum absolute atomic E-state index is 12.4. The van der Waals surface area contributed by atoms with Crippen LogP contribution in [0.1, 0.15) is 10.4 Å². The fourth-order valence-corrected chi connectivity index (χ4v) is 2.31. The number of benzene rings is 2. The van der Waals surface area contributed by atoms with E-state index in [1.165, 1.54) is 0 Å². The molecule has 0 fully saturated rings. The topological polar surface area (TPSA) is 65.4 Å². The minimum absolute atomic E-state index is 0.195. The zero-order valence-electron chi connectivity index (χ0n) is 13.4. The highest BCUT2D eigenvalue weighted by atomic mass is 16.5. The highest BCUT2D eigenvalue weighted by Gasteiger charge is 2.09. The zero-order valence-corrected chi connectivity index (χ0v) is 13.4. The number of aromatic nitrogens is 2. The van der Waals surface area contributed by atoms with Crippen LogP contribution in [0.25, 0.3) is 5.69 Å². The Morgan fingerprint density at radius 2 is 1.79 bits per heavy atom. The van der Waals surface area contributed by atoms with E-state index >= 15 is 0 Å². The SMILES string of the molecule is COc1ccc(NC(=O)c2ccc(-n3ccnc3)cc2)cc1OC. The van der Waals surface area contributed by atoms with E-state index in [1.54, 1.807) is 57.1 Å². The number of amides is 1. The lowest BCUT2D eigenvalue weighted by atomic mass is 10.2. The van der Waals surface area contributed by atoms with Crippen LogP contribution in [0.4, 0.5) is 5.69 Å². The molecule has 0 aliphatic carbocycles. The van der Waals surface area contributed by atoms with Gasteiger partial charge in [0, 0.05) is 35.4 Å². The first kappa shape index (κ1) is 15.6. The smallest absolute Gasteiger partial charge is 0.255 e. The van der Waals surface area contributed by atoms with E-state index in [4.69, 9.17) is 9.47 Å². The van der Waals surface area contributed by atoms with Gasteiger partial charge >= 0.3 is 0 Å². The molecule has 0 aliphatic heterocycles. The molecular formula is C18H17N3O3. The van der Waals surface area contributed by atoms with Crippen LogP contribution in [0, 0.1) is 0 Å². The first-order valence-corrected chi connectivity index (χ1v) is 7.33. The van der Waals surface area contributed by atoms with Crippen LogP contribution >= 0.6 is 0 Å². The van der Waals surface area contributed by atoms with Crippen molar-refractivity contribution in [3.8, 4) is 17.2 Å². The molecule has 0 unspecified atom stereocenters. The van der Waals surface area contributed by atoms with Gasteiger partial charge in [-0.15, -0.1) is 0 Å². The molecule has 0 aliphatic rings. The lowest BCUT2D eigenvalue weighted by Gasteiger charge is -2.11. The Balaban J connectivity index is 1.75. The molecule has 1 heterocycles. The van der Waals surface area contributed by atoms with Crippen molar-refractivity contribution in [2.24, 2.45) is 0 Å². The van der Waals surface area contributed by atoms with Gasteiger partial charge in [0.15, 0.2) is 11.5 Å². The summed E-state index contributed by atoms with van der Waals surface area (Å²) in [4.78, 5) is 16.4. The lowest BCUT2D eigenvalue weighted by molar-refractivity contribution is 0.102. The van der Waals surface area contributed by atoms with Gasteiger partial charge in [0.1, 0.15) is 0 Å². The average molecular weight is 323 g/mol. The van der Waals surface area contributed by atoms with E-state index in [9.17, 15) is 4.79 Å². The Morgan fingerprint density at radius 3 is 2.42 bits per heavy atom. The van der Waals surface area contributed by atoms with Gasteiger partial charge in [0.2, 0.25) is 0 Å². The first-order valence-electron chi connectivity index (χ1n) is 7.33. The molecule has 1 aromatic heterocycles. The highest BCUT2D eigenvalue weighted by molar-refractivity contribution is 6.04. The third-order valence-electron chi connectivity index (χ3n) is 3.57.